The van der Waals surface area contributed by atoms with Crippen LogP contribution in [-0.4, -0.2) is 27.7 Å². The Bertz CT molecular complexity index is 1160. The Morgan fingerprint density at radius 2 is 1.67 bits per heavy atom. The van der Waals surface area contributed by atoms with Gasteiger partial charge in [0.05, 0.1) is 24.1 Å². The largest absolute Gasteiger partial charge is 0.494 e. The number of ether oxygens (including phenoxy) is 1. The van der Waals surface area contributed by atoms with E-state index in [1.54, 1.807) is 24.3 Å². The summed E-state index contributed by atoms with van der Waals surface area (Å²) >= 11 is 0. The Morgan fingerprint density at radius 3 is 2.27 bits per heavy atom. The number of carboxylic acid groups (broad SMARTS) is 1. The SMILES string of the molecule is CCOc1ccc(-c2cnc(-c3ccc(C(=O)O)cc3)[nH]2)cc1C12CC3CC(CC(C3)C1)C2. The molecule has 1 aromatic heterocycles. The zero-order valence-electron chi connectivity index (χ0n) is 19.0. The third kappa shape index (κ3) is 3.54. The van der Waals surface area contributed by atoms with Gasteiger partial charge >= 0.3 is 5.97 Å². The molecule has 0 saturated heterocycles. The highest BCUT2D eigenvalue weighted by molar-refractivity contribution is 5.88. The van der Waals surface area contributed by atoms with Crippen LogP contribution in [0.15, 0.2) is 48.7 Å². The summed E-state index contributed by atoms with van der Waals surface area (Å²) < 4.78 is 6.15. The van der Waals surface area contributed by atoms with Gasteiger partial charge < -0.3 is 14.8 Å². The zero-order valence-corrected chi connectivity index (χ0v) is 19.0. The van der Waals surface area contributed by atoms with Gasteiger partial charge in [-0.25, -0.2) is 9.78 Å². The fourth-order valence-electron chi connectivity index (χ4n) is 7.22. The van der Waals surface area contributed by atoms with Crippen LogP contribution in [0.1, 0.15) is 61.4 Å². The van der Waals surface area contributed by atoms with Gasteiger partial charge in [-0.1, -0.05) is 12.1 Å². The van der Waals surface area contributed by atoms with Crippen LogP contribution in [0.3, 0.4) is 0 Å². The maximum absolute atomic E-state index is 11.1. The molecule has 4 aliphatic rings. The highest BCUT2D eigenvalue weighted by Crippen LogP contribution is 2.62. The van der Waals surface area contributed by atoms with Gasteiger partial charge in [0, 0.05) is 16.7 Å². The third-order valence-corrected chi connectivity index (χ3v) is 8.18. The predicted molar refractivity (Wildman–Crippen MR) is 127 cm³/mol. The molecule has 3 aromatic rings. The molecule has 4 aliphatic carbocycles. The molecule has 0 spiro atoms. The summed E-state index contributed by atoms with van der Waals surface area (Å²) in [6.07, 6.45) is 10.0. The molecule has 2 aromatic carbocycles. The van der Waals surface area contributed by atoms with Crippen LogP contribution >= 0.6 is 0 Å². The number of nitrogens with one attached hydrogen (secondary N) is 1. The number of carbonyl (C=O) groups is 1. The molecule has 1 heterocycles. The number of aromatic amines is 1. The molecule has 0 aliphatic heterocycles. The number of aromatic carboxylic acids is 1. The first-order chi connectivity index (χ1) is 16.0. The van der Waals surface area contributed by atoms with E-state index in [-0.39, 0.29) is 11.0 Å². The second kappa shape index (κ2) is 7.75. The van der Waals surface area contributed by atoms with Gasteiger partial charge in [-0.3, -0.25) is 0 Å². The van der Waals surface area contributed by atoms with Gasteiger partial charge in [-0.15, -0.1) is 0 Å². The van der Waals surface area contributed by atoms with E-state index < -0.39 is 5.97 Å². The van der Waals surface area contributed by atoms with Crippen molar-refractivity contribution in [2.24, 2.45) is 17.8 Å². The van der Waals surface area contributed by atoms with Crippen LogP contribution < -0.4 is 4.74 Å². The number of carboxylic acids is 1. The molecule has 4 saturated carbocycles. The second-order valence-electron chi connectivity index (χ2n) is 10.4. The fraction of sp³-hybridized carbons (Fsp3) is 0.429. The fourth-order valence-corrected chi connectivity index (χ4v) is 7.22. The van der Waals surface area contributed by atoms with Crippen molar-refractivity contribution < 1.29 is 14.6 Å². The molecule has 5 heteroatoms. The number of benzene rings is 2. The van der Waals surface area contributed by atoms with E-state index >= 15 is 0 Å². The molecular weight excluding hydrogens is 412 g/mol. The average molecular weight is 443 g/mol. The van der Waals surface area contributed by atoms with Gasteiger partial charge in [0.15, 0.2) is 0 Å². The summed E-state index contributed by atoms with van der Waals surface area (Å²) in [5.41, 5.74) is 4.90. The number of rotatable bonds is 6. The van der Waals surface area contributed by atoms with Crippen molar-refractivity contribution in [3.63, 3.8) is 0 Å². The van der Waals surface area contributed by atoms with Crippen molar-refractivity contribution >= 4 is 5.97 Å². The number of H-pyrrole nitrogens is 1. The van der Waals surface area contributed by atoms with E-state index in [4.69, 9.17) is 9.84 Å². The van der Waals surface area contributed by atoms with Gasteiger partial charge in [-0.2, -0.15) is 0 Å². The van der Waals surface area contributed by atoms with Crippen molar-refractivity contribution in [2.75, 3.05) is 6.61 Å². The Labute approximate surface area is 194 Å². The zero-order chi connectivity index (χ0) is 22.6. The van der Waals surface area contributed by atoms with Gasteiger partial charge in [0.2, 0.25) is 0 Å². The quantitative estimate of drug-likeness (QED) is 0.469. The molecule has 0 atom stereocenters. The Morgan fingerprint density at radius 1 is 1.03 bits per heavy atom. The highest BCUT2D eigenvalue weighted by atomic mass is 16.5. The minimum atomic E-state index is -0.923. The lowest BCUT2D eigenvalue weighted by Gasteiger charge is -2.57. The summed E-state index contributed by atoms with van der Waals surface area (Å²) in [6, 6.07) is 13.4. The second-order valence-corrected chi connectivity index (χ2v) is 10.4. The number of nitrogens with zero attached hydrogens (tertiary/aromatic N) is 1. The van der Waals surface area contributed by atoms with Crippen LogP contribution in [-0.2, 0) is 5.41 Å². The summed E-state index contributed by atoms with van der Waals surface area (Å²) in [5.74, 6) is 3.50. The smallest absolute Gasteiger partial charge is 0.335 e. The maximum atomic E-state index is 11.1. The first kappa shape index (κ1) is 20.5. The minimum Gasteiger partial charge on any atom is -0.494 e. The molecule has 0 unspecified atom stereocenters. The first-order valence-electron chi connectivity index (χ1n) is 12.2. The molecule has 170 valence electrons. The van der Waals surface area contributed by atoms with Crippen LogP contribution in [0.4, 0.5) is 0 Å². The van der Waals surface area contributed by atoms with Crippen LogP contribution in [0.5, 0.6) is 5.75 Å². The summed E-state index contributed by atoms with van der Waals surface area (Å²) in [6.45, 7) is 2.74. The Kier molecular flexibility index (Phi) is 4.82. The van der Waals surface area contributed by atoms with E-state index in [2.05, 4.69) is 35.1 Å². The minimum absolute atomic E-state index is 0.255. The molecule has 0 radical (unpaired) electrons. The molecule has 4 fully saturated rings. The summed E-state index contributed by atoms with van der Waals surface area (Å²) in [4.78, 5) is 19.2. The van der Waals surface area contributed by atoms with E-state index in [9.17, 15) is 4.79 Å². The molecule has 2 N–H and O–H groups in total. The molecule has 0 amide bonds. The average Bonchev–Trinajstić information content (AvgIpc) is 3.29. The lowest BCUT2D eigenvalue weighted by atomic mass is 9.48. The monoisotopic (exact) mass is 442 g/mol. The summed E-state index contributed by atoms with van der Waals surface area (Å²) in [7, 11) is 0. The number of hydrogen-bond acceptors (Lipinski definition) is 3. The van der Waals surface area contributed by atoms with Crippen molar-refractivity contribution in [2.45, 2.75) is 50.9 Å². The number of hydrogen-bond donors (Lipinski definition) is 2. The molecule has 33 heavy (non-hydrogen) atoms. The maximum Gasteiger partial charge on any atom is 0.335 e. The van der Waals surface area contributed by atoms with Crippen molar-refractivity contribution in [3.05, 3.63) is 59.8 Å². The Hall–Kier alpha value is -3.08. The number of aromatic nitrogens is 2. The van der Waals surface area contributed by atoms with Gasteiger partial charge in [0.25, 0.3) is 0 Å². The van der Waals surface area contributed by atoms with Crippen LogP contribution in [0.2, 0.25) is 0 Å². The highest BCUT2D eigenvalue weighted by Gasteiger charge is 2.52. The van der Waals surface area contributed by atoms with Crippen LogP contribution in [0, 0.1) is 17.8 Å². The predicted octanol–water partition coefficient (Wildman–Crippen LogP) is 6.31. The normalized spacial score (nSPS) is 27.6. The van der Waals surface area contributed by atoms with E-state index in [1.807, 2.05) is 6.20 Å². The van der Waals surface area contributed by atoms with Gasteiger partial charge in [-0.05, 0) is 98.9 Å². The standard InChI is InChI=1S/C28H30N2O3/c1-2-33-25-8-7-22(12-23(25)28-13-17-9-18(14-28)11-19(10-17)15-28)24-16-29-26(30-24)20-3-5-21(6-4-20)27(31)32/h3-8,12,16-19H,2,9-11,13-15H2,1H3,(H,29,30)(H,31,32). The van der Waals surface area contributed by atoms with E-state index in [1.165, 1.54) is 44.1 Å². The van der Waals surface area contributed by atoms with E-state index in [0.717, 1.165) is 46.1 Å². The molecule has 4 bridgehead atoms. The topological polar surface area (TPSA) is 75.2 Å². The molecule has 7 rings (SSSR count). The lowest BCUT2D eigenvalue weighted by Crippen LogP contribution is -2.48. The third-order valence-electron chi connectivity index (χ3n) is 8.18. The Balaban J connectivity index is 1.36. The van der Waals surface area contributed by atoms with Crippen LogP contribution in [0.25, 0.3) is 22.6 Å². The van der Waals surface area contributed by atoms with Gasteiger partial charge in [0.1, 0.15) is 11.6 Å². The summed E-state index contributed by atoms with van der Waals surface area (Å²) in [5, 5.41) is 9.14. The lowest BCUT2D eigenvalue weighted by molar-refractivity contribution is -0.00631. The van der Waals surface area contributed by atoms with Crippen molar-refractivity contribution in [1.29, 1.82) is 0 Å². The van der Waals surface area contributed by atoms with Crippen molar-refractivity contribution in [3.8, 4) is 28.4 Å². The number of imidazole rings is 1. The van der Waals surface area contributed by atoms with Crippen molar-refractivity contribution in [1.82, 2.24) is 9.97 Å². The van der Waals surface area contributed by atoms with E-state index in [0.29, 0.717) is 6.61 Å². The first-order valence-corrected chi connectivity index (χ1v) is 12.2. The molecule has 5 nitrogen and oxygen atoms in total. The molecular formula is C28H30N2O3.